The molecule has 0 amide bonds. The van der Waals surface area contributed by atoms with Crippen molar-refractivity contribution in [2.24, 2.45) is 0 Å². The number of hydrogen-bond acceptors (Lipinski definition) is 3. The zero-order chi connectivity index (χ0) is 12.4. The van der Waals surface area contributed by atoms with Crippen molar-refractivity contribution in [2.75, 3.05) is 12.4 Å². The van der Waals surface area contributed by atoms with Crippen LogP contribution in [0.2, 0.25) is 0 Å². The van der Waals surface area contributed by atoms with Crippen LogP contribution in [0, 0.1) is 18.6 Å². The second-order valence-corrected chi connectivity index (χ2v) is 3.60. The van der Waals surface area contributed by atoms with E-state index in [9.17, 15) is 8.78 Å². The van der Waals surface area contributed by atoms with E-state index in [1.165, 1.54) is 6.07 Å². The first kappa shape index (κ1) is 11.4. The van der Waals surface area contributed by atoms with Gasteiger partial charge >= 0.3 is 0 Å². The van der Waals surface area contributed by atoms with Crippen LogP contribution < -0.4 is 5.32 Å². The molecule has 0 aliphatic rings. The largest absolute Gasteiger partial charge is 0.373 e. The van der Waals surface area contributed by atoms with Gasteiger partial charge in [0.15, 0.2) is 17.5 Å². The van der Waals surface area contributed by atoms with E-state index in [0.717, 1.165) is 17.8 Å². The molecule has 1 N–H and O–H groups in total. The first-order valence-electron chi connectivity index (χ1n) is 5.09. The summed E-state index contributed by atoms with van der Waals surface area (Å²) in [5.74, 6) is -0.778. The monoisotopic (exact) mass is 235 g/mol. The van der Waals surface area contributed by atoms with Crippen LogP contribution >= 0.6 is 0 Å². The average molecular weight is 235 g/mol. The van der Waals surface area contributed by atoms with Crippen molar-refractivity contribution < 1.29 is 8.78 Å². The van der Waals surface area contributed by atoms with Gasteiger partial charge in [-0.05, 0) is 25.1 Å². The molecule has 0 saturated heterocycles. The fraction of sp³-hybridized carbons (Fsp3) is 0.167. The number of anilines is 1. The van der Waals surface area contributed by atoms with Crippen LogP contribution in [0.3, 0.4) is 0 Å². The van der Waals surface area contributed by atoms with E-state index >= 15 is 0 Å². The summed E-state index contributed by atoms with van der Waals surface area (Å²) in [7, 11) is 1.73. The van der Waals surface area contributed by atoms with E-state index in [1.54, 1.807) is 13.1 Å². The molecule has 0 fully saturated rings. The van der Waals surface area contributed by atoms with Gasteiger partial charge in [0, 0.05) is 24.4 Å². The summed E-state index contributed by atoms with van der Waals surface area (Å²) in [6.45, 7) is 1.81. The van der Waals surface area contributed by atoms with Gasteiger partial charge in [-0.3, -0.25) is 0 Å². The van der Waals surface area contributed by atoms with Crippen LogP contribution in [0.1, 0.15) is 5.69 Å². The minimum atomic E-state index is -0.904. The summed E-state index contributed by atoms with van der Waals surface area (Å²) in [6, 6.07) is 5.37. The Morgan fingerprint density at radius 2 is 1.82 bits per heavy atom. The highest BCUT2D eigenvalue weighted by molar-refractivity contribution is 5.57. The molecule has 0 aliphatic carbocycles. The molecule has 2 aromatic rings. The SMILES string of the molecule is CNc1cc(C)nc(-c2ccc(F)c(F)c2)n1. The molecule has 17 heavy (non-hydrogen) atoms. The first-order chi connectivity index (χ1) is 8.10. The summed E-state index contributed by atoms with van der Waals surface area (Å²) in [4.78, 5) is 8.36. The molecule has 3 nitrogen and oxygen atoms in total. The number of nitrogens with zero attached hydrogens (tertiary/aromatic N) is 2. The van der Waals surface area contributed by atoms with Gasteiger partial charge in [0.05, 0.1) is 0 Å². The van der Waals surface area contributed by atoms with E-state index in [2.05, 4.69) is 15.3 Å². The minimum absolute atomic E-state index is 0.369. The van der Waals surface area contributed by atoms with Crippen molar-refractivity contribution in [2.45, 2.75) is 6.92 Å². The highest BCUT2D eigenvalue weighted by Crippen LogP contribution is 2.19. The van der Waals surface area contributed by atoms with Crippen LogP contribution in [0.4, 0.5) is 14.6 Å². The lowest BCUT2D eigenvalue weighted by molar-refractivity contribution is 0.509. The van der Waals surface area contributed by atoms with E-state index in [0.29, 0.717) is 17.2 Å². The molecule has 0 atom stereocenters. The molecule has 0 unspecified atom stereocenters. The number of benzene rings is 1. The summed E-state index contributed by atoms with van der Waals surface area (Å²) in [5.41, 5.74) is 1.20. The van der Waals surface area contributed by atoms with Crippen molar-refractivity contribution in [3.8, 4) is 11.4 Å². The second-order valence-electron chi connectivity index (χ2n) is 3.60. The Morgan fingerprint density at radius 1 is 1.06 bits per heavy atom. The third kappa shape index (κ3) is 2.38. The number of nitrogens with one attached hydrogen (secondary N) is 1. The van der Waals surface area contributed by atoms with E-state index in [4.69, 9.17) is 0 Å². The molecular weight excluding hydrogens is 224 g/mol. The molecule has 0 saturated carbocycles. The van der Waals surface area contributed by atoms with Crippen LogP contribution in [0.25, 0.3) is 11.4 Å². The molecule has 5 heteroatoms. The molecule has 0 spiro atoms. The molecule has 1 aromatic heterocycles. The lowest BCUT2D eigenvalue weighted by Gasteiger charge is -2.05. The highest BCUT2D eigenvalue weighted by atomic mass is 19.2. The smallest absolute Gasteiger partial charge is 0.161 e. The van der Waals surface area contributed by atoms with Gasteiger partial charge in [-0.2, -0.15) is 0 Å². The lowest BCUT2D eigenvalue weighted by Crippen LogP contribution is -1.99. The Hall–Kier alpha value is -2.04. The van der Waals surface area contributed by atoms with Gasteiger partial charge in [-0.1, -0.05) is 0 Å². The van der Waals surface area contributed by atoms with Gasteiger partial charge < -0.3 is 5.32 Å². The maximum atomic E-state index is 13.1. The third-order valence-electron chi connectivity index (χ3n) is 2.29. The third-order valence-corrected chi connectivity index (χ3v) is 2.29. The van der Waals surface area contributed by atoms with Crippen LogP contribution in [0.15, 0.2) is 24.3 Å². The number of aromatic nitrogens is 2. The van der Waals surface area contributed by atoms with Gasteiger partial charge in [-0.25, -0.2) is 18.7 Å². The Bertz CT molecular complexity index is 555. The van der Waals surface area contributed by atoms with Crippen molar-refractivity contribution in [1.82, 2.24) is 9.97 Å². The van der Waals surface area contributed by atoms with Gasteiger partial charge in [0.1, 0.15) is 5.82 Å². The Labute approximate surface area is 97.5 Å². The number of halogens is 2. The van der Waals surface area contributed by atoms with E-state index in [-0.39, 0.29) is 0 Å². The molecule has 1 heterocycles. The Morgan fingerprint density at radius 3 is 2.47 bits per heavy atom. The van der Waals surface area contributed by atoms with Gasteiger partial charge in [-0.15, -0.1) is 0 Å². The van der Waals surface area contributed by atoms with Gasteiger partial charge in [0.2, 0.25) is 0 Å². The van der Waals surface area contributed by atoms with Crippen LogP contribution in [-0.4, -0.2) is 17.0 Å². The maximum Gasteiger partial charge on any atom is 0.161 e. The second kappa shape index (κ2) is 4.45. The summed E-state index contributed by atoms with van der Waals surface area (Å²) >= 11 is 0. The molecule has 2 rings (SSSR count). The van der Waals surface area contributed by atoms with Crippen LogP contribution in [-0.2, 0) is 0 Å². The summed E-state index contributed by atoms with van der Waals surface area (Å²) < 4.78 is 25.9. The van der Waals surface area contributed by atoms with Crippen molar-refractivity contribution in [3.63, 3.8) is 0 Å². The maximum absolute atomic E-state index is 13.1. The zero-order valence-electron chi connectivity index (χ0n) is 9.46. The Kier molecular flexibility index (Phi) is 2.99. The number of hydrogen-bond donors (Lipinski definition) is 1. The van der Waals surface area contributed by atoms with Crippen molar-refractivity contribution in [3.05, 3.63) is 41.6 Å². The van der Waals surface area contributed by atoms with Crippen molar-refractivity contribution in [1.29, 1.82) is 0 Å². The molecule has 0 radical (unpaired) electrons. The quantitative estimate of drug-likeness (QED) is 0.869. The predicted octanol–water partition coefficient (Wildman–Crippen LogP) is 2.77. The van der Waals surface area contributed by atoms with E-state index < -0.39 is 11.6 Å². The molecule has 88 valence electrons. The van der Waals surface area contributed by atoms with Crippen molar-refractivity contribution >= 4 is 5.82 Å². The van der Waals surface area contributed by atoms with Crippen LogP contribution in [0.5, 0.6) is 0 Å². The fourth-order valence-electron chi connectivity index (χ4n) is 1.46. The van der Waals surface area contributed by atoms with E-state index in [1.807, 2.05) is 6.92 Å². The zero-order valence-corrected chi connectivity index (χ0v) is 9.46. The average Bonchev–Trinajstić information content (AvgIpc) is 2.32. The van der Waals surface area contributed by atoms with Gasteiger partial charge in [0.25, 0.3) is 0 Å². The topological polar surface area (TPSA) is 37.8 Å². The number of rotatable bonds is 2. The molecule has 0 aliphatic heterocycles. The number of aryl methyl sites for hydroxylation is 1. The standard InChI is InChI=1S/C12H11F2N3/c1-7-5-11(15-2)17-12(16-7)8-3-4-9(13)10(14)6-8/h3-6H,1-2H3,(H,15,16,17). The molecular formula is C12H11F2N3. The molecule has 0 bridgehead atoms. The fourth-order valence-corrected chi connectivity index (χ4v) is 1.46. The lowest BCUT2D eigenvalue weighted by atomic mass is 10.2. The summed E-state index contributed by atoms with van der Waals surface area (Å²) in [6.07, 6.45) is 0. The normalized spacial score (nSPS) is 10.4. The predicted molar refractivity (Wildman–Crippen MR) is 61.7 cm³/mol. The highest BCUT2D eigenvalue weighted by Gasteiger charge is 2.08. The minimum Gasteiger partial charge on any atom is -0.373 e. The Balaban J connectivity index is 2.52. The summed E-state index contributed by atoms with van der Waals surface area (Å²) in [5, 5.41) is 2.89. The molecule has 1 aromatic carbocycles. The first-order valence-corrected chi connectivity index (χ1v) is 5.09.